The van der Waals surface area contributed by atoms with Gasteiger partial charge in [-0.25, -0.2) is 13.6 Å². The van der Waals surface area contributed by atoms with Crippen molar-refractivity contribution in [1.82, 2.24) is 0 Å². The van der Waals surface area contributed by atoms with Gasteiger partial charge in [0.15, 0.2) is 17.7 Å². The molecule has 0 saturated heterocycles. The van der Waals surface area contributed by atoms with Gasteiger partial charge < -0.3 is 10.1 Å². The Hall–Kier alpha value is -1.95. The third-order valence-electron chi connectivity index (χ3n) is 2.86. The maximum atomic E-state index is 13.9. The number of ether oxygens (including phenoxy) is 1. The first kappa shape index (κ1) is 15.4. The molecule has 0 saturated carbocycles. The SMILES string of the molecule is COC(=O)C(Nc1cccc(Br)c1)c1cccc(F)c1F. The highest BCUT2D eigenvalue weighted by Crippen LogP contribution is 2.26. The van der Waals surface area contributed by atoms with Crippen LogP contribution in [0.5, 0.6) is 0 Å². The summed E-state index contributed by atoms with van der Waals surface area (Å²) in [6.45, 7) is 0. The largest absolute Gasteiger partial charge is 0.467 e. The van der Waals surface area contributed by atoms with Crippen molar-refractivity contribution < 1.29 is 18.3 Å². The summed E-state index contributed by atoms with van der Waals surface area (Å²) in [5.41, 5.74) is 0.463. The Morgan fingerprint density at radius 1 is 1.24 bits per heavy atom. The van der Waals surface area contributed by atoms with Gasteiger partial charge in [-0.05, 0) is 24.3 Å². The summed E-state index contributed by atoms with van der Waals surface area (Å²) in [7, 11) is 1.19. The summed E-state index contributed by atoms with van der Waals surface area (Å²) in [5, 5.41) is 2.84. The molecular formula is C15H12BrF2NO2. The zero-order valence-electron chi connectivity index (χ0n) is 11.1. The summed E-state index contributed by atoms with van der Waals surface area (Å²) in [5.74, 6) is -2.80. The van der Waals surface area contributed by atoms with Crippen molar-refractivity contribution in [3.05, 3.63) is 64.1 Å². The van der Waals surface area contributed by atoms with Crippen LogP contribution >= 0.6 is 15.9 Å². The van der Waals surface area contributed by atoms with E-state index in [1.54, 1.807) is 24.3 Å². The van der Waals surface area contributed by atoms with Crippen molar-refractivity contribution in [2.75, 3.05) is 12.4 Å². The number of hydrogen-bond donors (Lipinski definition) is 1. The van der Waals surface area contributed by atoms with Crippen LogP contribution in [0.4, 0.5) is 14.5 Å². The molecule has 1 unspecified atom stereocenters. The van der Waals surface area contributed by atoms with E-state index >= 15 is 0 Å². The van der Waals surface area contributed by atoms with Gasteiger partial charge in [0.05, 0.1) is 7.11 Å². The van der Waals surface area contributed by atoms with Crippen molar-refractivity contribution in [2.24, 2.45) is 0 Å². The van der Waals surface area contributed by atoms with Crippen LogP contribution in [0.3, 0.4) is 0 Å². The molecule has 110 valence electrons. The molecule has 0 heterocycles. The number of benzene rings is 2. The van der Waals surface area contributed by atoms with Gasteiger partial charge in [-0.2, -0.15) is 0 Å². The first-order valence-electron chi connectivity index (χ1n) is 6.06. The average molecular weight is 356 g/mol. The van der Waals surface area contributed by atoms with E-state index in [1.807, 2.05) is 0 Å². The molecule has 21 heavy (non-hydrogen) atoms. The van der Waals surface area contributed by atoms with Crippen LogP contribution in [0, 0.1) is 11.6 Å². The van der Waals surface area contributed by atoms with Crippen LogP contribution < -0.4 is 5.32 Å². The molecule has 3 nitrogen and oxygen atoms in total. The van der Waals surface area contributed by atoms with Gasteiger partial charge in [-0.15, -0.1) is 0 Å². The number of halogens is 3. The molecule has 0 aliphatic rings. The summed E-state index contributed by atoms with van der Waals surface area (Å²) in [6.07, 6.45) is 0. The van der Waals surface area contributed by atoms with Crippen LogP contribution in [0.1, 0.15) is 11.6 Å². The van der Waals surface area contributed by atoms with E-state index in [2.05, 4.69) is 26.0 Å². The highest BCUT2D eigenvalue weighted by molar-refractivity contribution is 9.10. The van der Waals surface area contributed by atoms with Gasteiger partial charge in [0.25, 0.3) is 0 Å². The molecule has 2 aromatic carbocycles. The van der Waals surface area contributed by atoms with Crippen LogP contribution in [0.2, 0.25) is 0 Å². The Bertz CT molecular complexity index is 664. The minimum atomic E-state index is -1.14. The molecule has 0 aromatic heterocycles. The smallest absolute Gasteiger partial charge is 0.333 e. The number of rotatable bonds is 4. The fourth-order valence-electron chi connectivity index (χ4n) is 1.87. The molecule has 0 fully saturated rings. The summed E-state index contributed by atoms with van der Waals surface area (Å²) >= 11 is 3.30. The standard InChI is InChI=1S/C15H12BrF2NO2/c1-21-15(20)14(11-6-3-7-12(17)13(11)18)19-10-5-2-4-9(16)8-10/h2-8,14,19H,1H3. The van der Waals surface area contributed by atoms with Crippen molar-refractivity contribution in [1.29, 1.82) is 0 Å². The maximum absolute atomic E-state index is 13.9. The van der Waals surface area contributed by atoms with Crippen molar-refractivity contribution in [3.63, 3.8) is 0 Å². The van der Waals surface area contributed by atoms with E-state index in [0.717, 1.165) is 10.5 Å². The van der Waals surface area contributed by atoms with Gasteiger partial charge in [0, 0.05) is 15.7 Å². The lowest BCUT2D eigenvalue weighted by Crippen LogP contribution is -2.23. The Kier molecular flexibility index (Phi) is 4.90. The molecule has 0 aliphatic heterocycles. The summed E-state index contributed by atoms with van der Waals surface area (Å²) in [6, 6.07) is 9.51. The van der Waals surface area contributed by atoms with Gasteiger partial charge in [0.2, 0.25) is 0 Å². The normalized spacial score (nSPS) is 11.8. The molecule has 0 amide bonds. The molecule has 0 spiro atoms. The maximum Gasteiger partial charge on any atom is 0.333 e. The first-order valence-corrected chi connectivity index (χ1v) is 6.86. The highest BCUT2D eigenvalue weighted by Gasteiger charge is 2.26. The Morgan fingerprint density at radius 2 is 1.95 bits per heavy atom. The van der Waals surface area contributed by atoms with Gasteiger partial charge in [-0.1, -0.05) is 34.1 Å². The van der Waals surface area contributed by atoms with Crippen LogP contribution in [0.15, 0.2) is 46.9 Å². The van der Waals surface area contributed by atoms with Gasteiger partial charge in [0.1, 0.15) is 0 Å². The fourth-order valence-corrected chi connectivity index (χ4v) is 2.27. The molecule has 1 N–H and O–H groups in total. The van der Waals surface area contributed by atoms with Gasteiger partial charge >= 0.3 is 5.97 Å². The predicted octanol–water partition coefficient (Wildman–Crippen LogP) is 4.05. The molecule has 0 bridgehead atoms. The molecule has 2 aromatic rings. The van der Waals surface area contributed by atoms with E-state index in [-0.39, 0.29) is 5.56 Å². The molecule has 0 radical (unpaired) electrons. The predicted molar refractivity (Wildman–Crippen MR) is 78.9 cm³/mol. The third kappa shape index (κ3) is 3.58. The Labute approximate surface area is 129 Å². The highest BCUT2D eigenvalue weighted by atomic mass is 79.9. The van der Waals surface area contributed by atoms with Crippen molar-refractivity contribution >= 4 is 27.6 Å². The van der Waals surface area contributed by atoms with Crippen LogP contribution in [-0.4, -0.2) is 13.1 Å². The van der Waals surface area contributed by atoms with Gasteiger partial charge in [-0.3, -0.25) is 0 Å². The number of methoxy groups -OCH3 is 1. The van der Waals surface area contributed by atoms with Crippen molar-refractivity contribution in [2.45, 2.75) is 6.04 Å². The molecule has 2 rings (SSSR count). The number of esters is 1. The molecule has 0 aliphatic carbocycles. The molecule has 6 heteroatoms. The third-order valence-corrected chi connectivity index (χ3v) is 3.36. The number of carbonyl (C=O) groups is 1. The van der Waals surface area contributed by atoms with E-state index in [0.29, 0.717) is 5.69 Å². The first-order chi connectivity index (χ1) is 10.0. The zero-order valence-corrected chi connectivity index (χ0v) is 12.7. The Balaban J connectivity index is 2.39. The lowest BCUT2D eigenvalue weighted by molar-refractivity contribution is -0.141. The number of carbonyl (C=O) groups excluding carboxylic acids is 1. The number of nitrogens with one attached hydrogen (secondary N) is 1. The van der Waals surface area contributed by atoms with Crippen LogP contribution in [-0.2, 0) is 9.53 Å². The summed E-state index contributed by atoms with van der Waals surface area (Å²) in [4.78, 5) is 11.9. The van der Waals surface area contributed by atoms with E-state index in [1.165, 1.54) is 19.2 Å². The molecule has 1 atom stereocenters. The second-order valence-electron chi connectivity index (χ2n) is 4.25. The fraction of sp³-hybridized carbons (Fsp3) is 0.133. The number of hydrogen-bond acceptors (Lipinski definition) is 3. The lowest BCUT2D eigenvalue weighted by atomic mass is 10.1. The second-order valence-corrected chi connectivity index (χ2v) is 5.17. The van der Waals surface area contributed by atoms with E-state index in [4.69, 9.17) is 0 Å². The van der Waals surface area contributed by atoms with Crippen LogP contribution in [0.25, 0.3) is 0 Å². The lowest BCUT2D eigenvalue weighted by Gasteiger charge is -2.19. The van der Waals surface area contributed by atoms with E-state index < -0.39 is 23.6 Å². The minimum Gasteiger partial charge on any atom is -0.467 e. The monoisotopic (exact) mass is 355 g/mol. The number of anilines is 1. The minimum absolute atomic E-state index is 0.109. The molecular weight excluding hydrogens is 344 g/mol. The van der Waals surface area contributed by atoms with Crippen molar-refractivity contribution in [3.8, 4) is 0 Å². The summed E-state index contributed by atoms with van der Waals surface area (Å²) < 4.78 is 32.7. The Morgan fingerprint density at radius 3 is 2.62 bits per heavy atom. The average Bonchev–Trinajstić information content (AvgIpc) is 2.47. The van der Waals surface area contributed by atoms with E-state index in [9.17, 15) is 13.6 Å². The topological polar surface area (TPSA) is 38.3 Å². The quantitative estimate of drug-likeness (QED) is 0.840. The second kappa shape index (κ2) is 6.67. The zero-order chi connectivity index (χ0) is 15.4.